The Kier molecular flexibility index (Phi) is 1.00. The van der Waals surface area contributed by atoms with Gasteiger partial charge in [-0.25, -0.2) is 8.78 Å². The van der Waals surface area contributed by atoms with Gasteiger partial charge in [-0.2, -0.15) is 0 Å². The largest absolute Gasteiger partial charge is 0.250 e. The standard InChI is InChI=1S/C6H6F2/c1-2-5-3-6(7,8)4-5/h1,5H,3-4H2. The van der Waals surface area contributed by atoms with Crippen LogP contribution in [0.3, 0.4) is 0 Å². The molecule has 44 valence electrons. The molecule has 0 radical (unpaired) electrons. The number of rotatable bonds is 0. The third kappa shape index (κ3) is 0.812. The number of hydrogen-bond acceptors (Lipinski definition) is 0. The van der Waals surface area contributed by atoms with Gasteiger partial charge in [0, 0.05) is 18.8 Å². The van der Waals surface area contributed by atoms with E-state index in [1.807, 2.05) is 0 Å². The van der Waals surface area contributed by atoms with Crippen molar-refractivity contribution in [2.75, 3.05) is 0 Å². The highest BCUT2D eigenvalue weighted by Crippen LogP contribution is 2.41. The van der Waals surface area contributed by atoms with Crippen LogP contribution in [-0.4, -0.2) is 5.92 Å². The van der Waals surface area contributed by atoms with Crippen LogP contribution in [0.25, 0.3) is 0 Å². The SMILES string of the molecule is C#CC1CC(F)(F)C1. The molecule has 0 aliphatic heterocycles. The molecule has 0 aromatic carbocycles. The first kappa shape index (κ1) is 5.55. The van der Waals surface area contributed by atoms with Crippen LogP contribution in [0.1, 0.15) is 12.8 Å². The minimum absolute atomic E-state index is 0.108. The molecule has 0 bridgehead atoms. The molecular formula is C6H6F2. The highest BCUT2D eigenvalue weighted by molar-refractivity contribution is 5.03. The predicted octanol–water partition coefficient (Wildman–Crippen LogP) is 1.66. The Morgan fingerprint density at radius 2 is 2.00 bits per heavy atom. The molecule has 0 nitrogen and oxygen atoms in total. The van der Waals surface area contributed by atoms with Crippen LogP contribution >= 0.6 is 0 Å². The maximum atomic E-state index is 11.9. The van der Waals surface area contributed by atoms with Crippen molar-refractivity contribution in [2.45, 2.75) is 18.8 Å². The average Bonchev–Trinajstić information content (AvgIpc) is 1.60. The van der Waals surface area contributed by atoms with Crippen molar-refractivity contribution in [3.63, 3.8) is 0 Å². The first-order valence-electron chi connectivity index (χ1n) is 2.48. The van der Waals surface area contributed by atoms with Gasteiger partial charge in [0.1, 0.15) is 0 Å². The Bertz CT molecular complexity index is 124. The lowest BCUT2D eigenvalue weighted by Gasteiger charge is -2.30. The minimum atomic E-state index is -2.45. The molecule has 0 aromatic rings. The maximum absolute atomic E-state index is 11.9. The summed E-state index contributed by atoms with van der Waals surface area (Å²) >= 11 is 0. The summed E-state index contributed by atoms with van der Waals surface area (Å²) in [5.74, 6) is -0.332. The fourth-order valence-corrected chi connectivity index (χ4v) is 0.779. The van der Waals surface area contributed by atoms with Gasteiger partial charge in [0.25, 0.3) is 5.92 Å². The normalized spacial score (nSPS) is 26.1. The summed E-state index contributed by atoms with van der Waals surface area (Å²) in [6.07, 6.45) is 4.66. The molecule has 1 saturated carbocycles. The van der Waals surface area contributed by atoms with Gasteiger partial charge < -0.3 is 0 Å². The van der Waals surface area contributed by atoms with Crippen molar-refractivity contribution in [3.8, 4) is 12.3 Å². The van der Waals surface area contributed by atoms with Crippen LogP contribution in [0.15, 0.2) is 0 Å². The Balaban J connectivity index is 2.34. The van der Waals surface area contributed by atoms with Gasteiger partial charge in [-0.15, -0.1) is 12.3 Å². The highest BCUT2D eigenvalue weighted by atomic mass is 19.3. The summed E-state index contributed by atoms with van der Waals surface area (Å²) in [6.45, 7) is 0. The highest BCUT2D eigenvalue weighted by Gasteiger charge is 2.44. The van der Waals surface area contributed by atoms with E-state index in [-0.39, 0.29) is 18.8 Å². The first-order chi connectivity index (χ1) is 3.64. The molecule has 0 N–H and O–H groups in total. The van der Waals surface area contributed by atoms with Crippen LogP contribution in [0, 0.1) is 18.3 Å². The zero-order valence-electron chi connectivity index (χ0n) is 4.32. The van der Waals surface area contributed by atoms with Gasteiger partial charge in [-0.05, 0) is 0 Å². The summed E-state index contributed by atoms with van der Waals surface area (Å²) in [4.78, 5) is 0. The number of alkyl halides is 2. The average molecular weight is 116 g/mol. The molecule has 0 spiro atoms. The molecule has 1 aliphatic rings. The predicted molar refractivity (Wildman–Crippen MR) is 26.5 cm³/mol. The minimum Gasteiger partial charge on any atom is -0.207 e. The summed E-state index contributed by atoms with van der Waals surface area (Å²) in [6, 6.07) is 0. The topological polar surface area (TPSA) is 0 Å². The van der Waals surface area contributed by atoms with Crippen molar-refractivity contribution in [1.29, 1.82) is 0 Å². The smallest absolute Gasteiger partial charge is 0.207 e. The van der Waals surface area contributed by atoms with Crippen LogP contribution in [0.2, 0.25) is 0 Å². The summed E-state index contributed by atoms with van der Waals surface area (Å²) in [5.41, 5.74) is 0. The van der Waals surface area contributed by atoms with Crippen LogP contribution in [0.4, 0.5) is 8.78 Å². The molecule has 0 heterocycles. The van der Waals surface area contributed by atoms with Crippen molar-refractivity contribution in [1.82, 2.24) is 0 Å². The van der Waals surface area contributed by atoms with Crippen molar-refractivity contribution in [2.24, 2.45) is 5.92 Å². The maximum Gasteiger partial charge on any atom is 0.250 e. The van der Waals surface area contributed by atoms with Crippen LogP contribution < -0.4 is 0 Å². The van der Waals surface area contributed by atoms with E-state index in [0.29, 0.717) is 0 Å². The van der Waals surface area contributed by atoms with E-state index in [2.05, 4.69) is 5.92 Å². The lowest BCUT2D eigenvalue weighted by molar-refractivity contribution is -0.0936. The van der Waals surface area contributed by atoms with Gasteiger partial charge in [-0.3, -0.25) is 0 Å². The third-order valence-corrected chi connectivity index (χ3v) is 1.33. The molecule has 0 unspecified atom stereocenters. The molecular weight excluding hydrogens is 110 g/mol. The zero-order chi connectivity index (χ0) is 6.20. The molecule has 0 amide bonds. The molecule has 0 aromatic heterocycles. The zero-order valence-corrected chi connectivity index (χ0v) is 4.32. The fraction of sp³-hybridized carbons (Fsp3) is 0.667. The summed E-state index contributed by atoms with van der Waals surface area (Å²) in [5, 5.41) is 0. The van der Waals surface area contributed by atoms with E-state index >= 15 is 0 Å². The Labute approximate surface area is 46.9 Å². The second-order valence-electron chi connectivity index (χ2n) is 2.13. The Morgan fingerprint density at radius 3 is 2.12 bits per heavy atom. The second-order valence-corrected chi connectivity index (χ2v) is 2.13. The molecule has 1 aliphatic carbocycles. The quantitative estimate of drug-likeness (QED) is 0.422. The van der Waals surface area contributed by atoms with Crippen LogP contribution in [0.5, 0.6) is 0 Å². The Morgan fingerprint density at radius 1 is 1.50 bits per heavy atom. The van der Waals surface area contributed by atoms with Gasteiger partial charge in [0.05, 0.1) is 0 Å². The van der Waals surface area contributed by atoms with E-state index in [4.69, 9.17) is 6.42 Å². The summed E-state index contributed by atoms with van der Waals surface area (Å²) < 4.78 is 23.8. The molecule has 2 heteroatoms. The Hall–Kier alpha value is -0.580. The fourth-order valence-electron chi connectivity index (χ4n) is 0.779. The van der Waals surface area contributed by atoms with Gasteiger partial charge >= 0.3 is 0 Å². The van der Waals surface area contributed by atoms with E-state index in [1.54, 1.807) is 0 Å². The monoisotopic (exact) mass is 116 g/mol. The second kappa shape index (κ2) is 1.45. The van der Waals surface area contributed by atoms with E-state index in [0.717, 1.165) is 0 Å². The van der Waals surface area contributed by atoms with Gasteiger partial charge in [-0.1, -0.05) is 0 Å². The van der Waals surface area contributed by atoms with E-state index in [9.17, 15) is 8.78 Å². The number of terminal acetylenes is 1. The van der Waals surface area contributed by atoms with E-state index < -0.39 is 5.92 Å². The van der Waals surface area contributed by atoms with Crippen LogP contribution in [-0.2, 0) is 0 Å². The molecule has 0 atom stereocenters. The van der Waals surface area contributed by atoms with Crippen molar-refractivity contribution < 1.29 is 8.78 Å². The third-order valence-electron chi connectivity index (χ3n) is 1.33. The van der Waals surface area contributed by atoms with E-state index in [1.165, 1.54) is 0 Å². The summed E-state index contributed by atoms with van der Waals surface area (Å²) in [7, 11) is 0. The lowest BCUT2D eigenvalue weighted by Crippen LogP contribution is -2.34. The van der Waals surface area contributed by atoms with Gasteiger partial charge in [0.15, 0.2) is 0 Å². The first-order valence-corrected chi connectivity index (χ1v) is 2.48. The van der Waals surface area contributed by atoms with Crippen molar-refractivity contribution >= 4 is 0 Å². The molecule has 8 heavy (non-hydrogen) atoms. The van der Waals surface area contributed by atoms with Gasteiger partial charge in [0.2, 0.25) is 0 Å². The number of hydrogen-bond donors (Lipinski definition) is 0. The molecule has 0 saturated heterocycles. The molecule has 1 fully saturated rings. The number of halogens is 2. The molecule has 1 rings (SSSR count). The lowest BCUT2D eigenvalue weighted by atomic mass is 9.82. The van der Waals surface area contributed by atoms with Crippen molar-refractivity contribution in [3.05, 3.63) is 0 Å².